The number of aromatic nitrogens is 1. The van der Waals surface area contributed by atoms with Gasteiger partial charge < -0.3 is 9.84 Å². The van der Waals surface area contributed by atoms with Gasteiger partial charge in [-0.05, 0) is 42.5 Å². The number of benzene rings is 3. The van der Waals surface area contributed by atoms with Gasteiger partial charge >= 0.3 is 5.97 Å². The van der Waals surface area contributed by atoms with E-state index in [0.717, 1.165) is 0 Å². The third-order valence-electron chi connectivity index (χ3n) is 4.21. The average molecular weight is 394 g/mol. The van der Waals surface area contributed by atoms with E-state index >= 15 is 0 Å². The van der Waals surface area contributed by atoms with Crippen molar-refractivity contribution in [1.29, 1.82) is 0 Å². The molecule has 4 aromatic rings. The second-order valence-electron chi connectivity index (χ2n) is 6.05. The van der Waals surface area contributed by atoms with E-state index in [-0.39, 0.29) is 11.3 Å². The molecule has 4 rings (SSSR count). The van der Waals surface area contributed by atoms with Crippen LogP contribution < -0.4 is 4.74 Å². The first-order valence-corrected chi connectivity index (χ1v) is 8.76. The molecule has 0 saturated carbocycles. The Kier molecular flexibility index (Phi) is 4.67. The fourth-order valence-electron chi connectivity index (χ4n) is 2.93. The highest BCUT2D eigenvalue weighted by Crippen LogP contribution is 2.39. The van der Waals surface area contributed by atoms with Gasteiger partial charge in [0.15, 0.2) is 5.75 Å². The third kappa shape index (κ3) is 3.40. The molecule has 0 aliphatic rings. The molecule has 0 saturated heterocycles. The Morgan fingerprint density at radius 2 is 1.64 bits per heavy atom. The molecule has 1 aromatic heterocycles. The lowest BCUT2D eigenvalue weighted by Gasteiger charge is -2.16. The average Bonchev–Trinajstić information content (AvgIpc) is 2.69. The van der Waals surface area contributed by atoms with Crippen molar-refractivity contribution < 1.29 is 19.0 Å². The molecule has 0 atom stereocenters. The zero-order valence-corrected chi connectivity index (χ0v) is 15.2. The molecule has 0 radical (unpaired) electrons. The SMILES string of the molecule is O=C(O)c1c(Oc2ccc(F)cc2)c(-c2ccc(Cl)cc2)nc2ccccc12. The van der Waals surface area contributed by atoms with Crippen LogP contribution >= 0.6 is 11.6 Å². The minimum absolute atomic E-state index is 0.0140. The summed E-state index contributed by atoms with van der Waals surface area (Å²) in [5.74, 6) is -1.18. The van der Waals surface area contributed by atoms with Crippen molar-refractivity contribution in [3.05, 3.63) is 89.2 Å². The quantitative estimate of drug-likeness (QED) is 0.449. The maximum Gasteiger partial charge on any atom is 0.340 e. The molecule has 1 heterocycles. The Bertz CT molecular complexity index is 1170. The number of rotatable bonds is 4. The van der Waals surface area contributed by atoms with Gasteiger partial charge in [-0.1, -0.05) is 41.9 Å². The maximum atomic E-state index is 13.2. The number of hydrogen-bond acceptors (Lipinski definition) is 3. The Labute approximate surface area is 164 Å². The van der Waals surface area contributed by atoms with Gasteiger partial charge in [-0.15, -0.1) is 0 Å². The number of carboxylic acids is 1. The predicted molar refractivity (Wildman–Crippen MR) is 106 cm³/mol. The summed E-state index contributed by atoms with van der Waals surface area (Å²) in [4.78, 5) is 16.8. The molecule has 3 aromatic carbocycles. The summed E-state index contributed by atoms with van der Waals surface area (Å²) in [5, 5.41) is 10.9. The van der Waals surface area contributed by atoms with Crippen molar-refractivity contribution in [3.63, 3.8) is 0 Å². The molecule has 28 heavy (non-hydrogen) atoms. The van der Waals surface area contributed by atoms with Crippen molar-refractivity contribution in [2.75, 3.05) is 0 Å². The zero-order valence-electron chi connectivity index (χ0n) is 14.4. The number of ether oxygens (including phenoxy) is 1. The van der Waals surface area contributed by atoms with Gasteiger partial charge in [0, 0.05) is 16.0 Å². The molecule has 0 spiro atoms. The molecule has 0 bridgehead atoms. The second kappa shape index (κ2) is 7.29. The first-order chi connectivity index (χ1) is 13.5. The first kappa shape index (κ1) is 17.9. The van der Waals surface area contributed by atoms with Gasteiger partial charge in [0.2, 0.25) is 0 Å². The van der Waals surface area contributed by atoms with Crippen molar-refractivity contribution in [3.8, 4) is 22.8 Å². The molecule has 0 aliphatic heterocycles. The van der Waals surface area contributed by atoms with E-state index in [1.807, 2.05) is 0 Å². The largest absolute Gasteiger partial charge is 0.478 e. The zero-order chi connectivity index (χ0) is 19.7. The number of para-hydroxylation sites is 1. The fraction of sp³-hybridized carbons (Fsp3) is 0. The summed E-state index contributed by atoms with van der Waals surface area (Å²) < 4.78 is 19.2. The standard InChI is InChI=1S/C22H13ClFNO3/c23-14-7-5-13(6-8-14)20-21(28-16-11-9-15(24)10-12-16)19(22(26)27)17-3-1-2-4-18(17)25-20/h1-12H,(H,26,27). The monoisotopic (exact) mass is 393 g/mol. The van der Waals surface area contributed by atoms with Crippen LogP contribution in [0.1, 0.15) is 10.4 Å². The molecular weight excluding hydrogens is 381 g/mol. The Morgan fingerprint density at radius 1 is 0.964 bits per heavy atom. The Hall–Kier alpha value is -3.44. The van der Waals surface area contributed by atoms with E-state index in [9.17, 15) is 14.3 Å². The summed E-state index contributed by atoms with van der Waals surface area (Å²) in [6.07, 6.45) is 0. The topological polar surface area (TPSA) is 59.4 Å². The van der Waals surface area contributed by atoms with E-state index < -0.39 is 11.8 Å². The van der Waals surface area contributed by atoms with Gasteiger partial charge in [-0.25, -0.2) is 14.2 Å². The minimum Gasteiger partial charge on any atom is -0.478 e. The highest BCUT2D eigenvalue weighted by molar-refractivity contribution is 6.30. The summed E-state index contributed by atoms with van der Waals surface area (Å²) in [5.41, 5.74) is 1.52. The number of halogens is 2. The van der Waals surface area contributed by atoms with Crippen LogP contribution in [0.5, 0.6) is 11.5 Å². The Balaban J connectivity index is 2.01. The van der Waals surface area contributed by atoms with Crippen molar-refractivity contribution in [2.24, 2.45) is 0 Å². The normalized spacial score (nSPS) is 10.8. The summed E-state index contributed by atoms with van der Waals surface area (Å²) in [6.45, 7) is 0. The van der Waals surface area contributed by atoms with Gasteiger partial charge in [-0.2, -0.15) is 0 Å². The molecule has 1 N–H and O–H groups in total. The van der Waals surface area contributed by atoms with E-state index in [2.05, 4.69) is 4.98 Å². The number of carbonyl (C=O) groups is 1. The Morgan fingerprint density at radius 3 is 2.32 bits per heavy atom. The number of fused-ring (bicyclic) bond motifs is 1. The number of carboxylic acid groups (broad SMARTS) is 1. The van der Waals surface area contributed by atoms with E-state index in [0.29, 0.717) is 32.9 Å². The maximum absolute atomic E-state index is 13.2. The highest BCUT2D eigenvalue weighted by Gasteiger charge is 2.23. The van der Waals surface area contributed by atoms with Crippen LogP contribution in [0.25, 0.3) is 22.2 Å². The molecule has 6 heteroatoms. The number of aromatic carboxylic acids is 1. The number of nitrogens with zero attached hydrogens (tertiary/aromatic N) is 1. The molecule has 138 valence electrons. The van der Waals surface area contributed by atoms with Crippen LogP contribution in [-0.4, -0.2) is 16.1 Å². The van der Waals surface area contributed by atoms with Gasteiger partial charge in [0.25, 0.3) is 0 Å². The number of hydrogen-bond donors (Lipinski definition) is 1. The lowest BCUT2D eigenvalue weighted by atomic mass is 10.0. The van der Waals surface area contributed by atoms with Crippen LogP contribution in [0.15, 0.2) is 72.8 Å². The molecular formula is C22H13ClFNO3. The molecule has 0 aliphatic carbocycles. The van der Waals surface area contributed by atoms with Crippen LogP contribution in [0.4, 0.5) is 4.39 Å². The lowest BCUT2D eigenvalue weighted by Crippen LogP contribution is -2.05. The van der Waals surface area contributed by atoms with Crippen molar-refractivity contribution in [1.82, 2.24) is 4.98 Å². The molecule has 0 amide bonds. The van der Waals surface area contributed by atoms with Crippen LogP contribution in [0, 0.1) is 5.82 Å². The van der Waals surface area contributed by atoms with Gasteiger partial charge in [0.1, 0.15) is 22.8 Å². The molecule has 0 unspecified atom stereocenters. The summed E-state index contributed by atoms with van der Waals surface area (Å²) >= 11 is 5.98. The summed E-state index contributed by atoms with van der Waals surface area (Å²) in [7, 11) is 0. The lowest BCUT2D eigenvalue weighted by molar-refractivity contribution is 0.0696. The smallest absolute Gasteiger partial charge is 0.340 e. The van der Waals surface area contributed by atoms with E-state index in [1.165, 1.54) is 24.3 Å². The van der Waals surface area contributed by atoms with Gasteiger partial charge in [-0.3, -0.25) is 0 Å². The third-order valence-corrected chi connectivity index (χ3v) is 4.46. The highest BCUT2D eigenvalue weighted by atomic mass is 35.5. The van der Waals surface area contributed by atoms with E-state index in [4.69, 9.17) is 16.3 Å². The van der Waals surface area contributed by atoms with Gasteiger partial charge in [0.05, 0.1) is 5.52 Å². The first-order valence-electron chi connectivity index (χ1n) is 8.38. The van der Waals surface area contributed by atoms with Crippen LogP contribution in [-0.2, 0) is 0 Å². The van der Waals surface area contributed by atoms with Crippen molar-refractivity contribution >= 4 is 28.5 Å². The van der Waals surface area contributed by atoms with Crippen LogP contribution in [0.3, 0.4) is 0 Å². The number of pyridine rings is 1. The predicted octanol–water partition coefficient (Wildman–Crippen LogP) is 6.18. The molecule has 0 fully saturated rings. The van der Waals surface area contributed by atoms with E-state index in [1.54, 1.807) is 48.5 Å². The second-order valence-corrected chi connectivity index (χ2v) is 6.49. The molecule has 4 nitrogen and oxygen atoms in total. The fourth-order valence-corrected chi connectivity index (χ4v) is 3.06. The minimum atomic E-state index is -1.15. The summed E-state index contributed by atoms with van der Waals surface area (Å²) in [6, 6.07) is 19.1. The van der Waals surface area contributed by atoms with Crippen molar-refractivity contribution in [2.45, 2.75) is 0 Å². The van der Waals surface area contributed by atoms with Crippen LogP contribution in [0.2, 0.25) is 5.02 Å².